The van der Waals surface area contributed by atoms with Gasteiger partial charge in [0, 0.05) is 5.69 Å². The van der Waals surface area contributed by atoms with Crippen LogP contribution in [0, 0.1) is 13.8 Å². The van der Waals surface area contributed by atoms with Gasteiger partial charge in [0.2, 0.25) is 0 Å². The summed E-state index contributed by atoms with van der Waals surface area (Å²) in [6, 6.07) is 8.78. The van der Waals surface area contributed by atoms with Gasteiger partial charge in [-0.1, -0.05) is 17.7 Å². The summed E-state index contributed by atoms with van der Waals surface area (Å²) in [5.74, 6) is -0.422. The second kappa shape index (κ2) is 6.72. The summed E-state index contributed by atoms with van der Waals surface area (Å²) in [7, 11) is 0. The van der Waals surface area contributed by atoms with E-state index in [-0.39, 0.29) is 12.3 Å². The largest absolute Gasteiger partial charge is 0.394 e. The van der Waals surface area contributed by atoms with Gasteiger partial charge >= 0.3 is 0 Å². The van der Waals surface area contributed by atoms with E-state index in [1.807, 2.05) is 38.1 Å². The summed E-state index contributed by atoms with van der Waals surface area (Å²) in [6.07, 6.45) is -0.839. The lowest BCUT2D eigenvalue weighted by Crippen LogP contribution is -2.44. The average Bonchev–Trinajstić information content (AvgIpc) is 2.87. The van der Waals surface area contributed by atoms with Crippen LogP contribution in [-0.4, -0.2) is 44.7 Å². The van der Waals surface area contributed by atoms with Crippen LogP contribution in [0.5, 0.6) is 0 Å². The summed E-state index contributed by atoms with van der Waals surface area (Å²) < 4.78 is 1.69. The molecule has 0 aliphatic heterocycles. The van der Waals surface area contributed by atoms with Crippen LogP contribution in [0.1, 0.15) is 28.7 Å². The Morgan fingerprint density at radius 3 is 2.50 bits per heavy atom. The van der Waals surface area contributed by atoms with Gasteiger partial charge in [0.05, 0.1) is 24.4 Å². The van der Waals surface area contributed by atoms with Crippen LogP contribution in [0.25, 0.3) is 5.69 Å². The first kappa shape index (κ1) is 16.2. The maximum atomic E-state index is 12.2. The minimum absolute atomic E-state index is 0.247. The van der Waals surface area contributed by atoms with Crippen molar-refractivity contribution in [3.63, 3.8) is 0 Å². The molecule has 0 saturated carbocycles. The molecule has 1 aromatic heterocycles. The van der Waals surface area contributed by atoms with Gasteiger partial charge < -0.3 is 15.5 Å². The first-order valence-corrected chi connectivity index (χ1v) is 7.16. The van der Waals surface area contributed by atoms with Gasteiger partial charge in [-0.2, -0.15) is 5.10 Å². The lowest BCUT2D eigenvalue weighted by atomic mass is 10.2. The molecule has 2 aromatic rings. The molecule has 2 atom stereocenters. The number of aryl methyl sites for hydroxylation is 2. The highest BCUT2D eigenvalue weighted by atomic mass is 16.3. The Balaban J connectivity index is 2.22. The van der Waals surface area contributed by atoms with Crippen molar-refractivity contribution in [3.05, 3.63) is 47.3 Å². The molecule has 3 N–H and O–H groups in total. The van der Waals surface area contributed by atoms with Crippen molar-refractivity contribution >= 4 is 5.91 Å². The summed E-state index contributed by atoms with van der Waals surface area (Å²) >= 11 is 0. The molecule has 6 nitrogen and oxygen atoms in total. The molecule has 0 saturated heterocycles. The predicted molar refractivity (Wildman–Crippen MR) is 83.1 cm³/mol. The summed E-state index contributed by atoms with van der Waals surface area (Å²) in [5.41, 5.74) is 3.09. The monoisotopic (exact) mass is 303 g/mol. The Labute approximate surface area is 129 Å². The quantitative estimate of drug-likeness (QED) is 0.768. The van der Waals surface area contributed by atoms with Crippen LogP contribution in [-0.2, 0) is 0 Å². The Kier molecular flexibility index (Phi) is 4.95. The van der Waals surface area contributed by atoms with Gasteiger partial charge in [0.25, 0.3) is 5.91 Å². The molecule has 0 fully saturated rings. The smallest absolute Gasteiger partial charge is 0.272 e. The number of aliphatic hydroxyl groups excluding tert-OH is 2. The number of hydrogen-bond donors (Lipinski definition) is 3. The Hall–Kier alpha value is -2.18. The van der Waals surface area contributed by atoms with E-state index in [0.29, 0.717) is 0 Å². The van der Waals surface area contributed by atoms with Crippen LogP contribution in [0.2, 0.25) is 0 Å². The molecular weight excluding hydrogens is 282 g/mol. The van der Waals surface area contributed by atoms with Crippen LogP contribution in [0.4, 0.5) is 0 Å². The Morgan fingerprint density at radius 1 is 1.32 bits per heavy atom. The van der Waals surface area contributed by atoms with Crippen LogP contribution in [0.3, 0.4) is 0 Å². The molecule has 0 unspecified atom stereocenters. The molecular formula is C16H21N3O3. The van der Waals surface area contributed by atoms with E-state index >= 15 is 0 Å². The summed E-state index contributed by atoms with van der Waals surface area (Å²) in [4.78, 5) is 12.2. The number of nitrogens with one attached hydrogen (secondary N) is 1. The normalized spacial score (nSPS) is 13.7. The molecule has 0 aliphatic carbocycles. The second-order valence-electron chi connectivity index (χ2n) is 5.42. The number of nitrogens with zero attached hydrogens (tertiary/aromatic N) is 2. The van der Waals surface area contributed by atoms with E-state index in [1.165, 1.54) is 6.92 Å². The topological polar surface area (TPSA) is 87.4 Å². The summed E-state index contributed by atoms with van der Waals surface area (Å²) in [6.45, 7) is 5.05. The maximum absolute atomic E-state index is 12.2. The number of carbonyl (C=O) groups is 1. The van der Waals surface area contributed by atoms with Crippen LogP contribution < -0.4 is 5.32 Å². The van der Waals surface area contributed by atoms with Crippen molar-refractivity contribution in [1.29, 1.82) is 0 Å². The molecule has 1 aromatic carbocycles. The highest BCUT2D eigenvalue weighted by Gasteiger charge is 2.20. The maximum Gasteiger partial charge on any atom is 0.272 e. The van der Waals surface area contributed by atoms with Gasteiger partial charge in [-0.3, -0.25) is 4.79 Å². The van der Waals surface area contributed by atoms with Crippen molar-refractivity contribution < 1.29 is 15.0 Å². The van der Waals surface area contributed by atoms with Crippen molar-refractivity contribution in [2.75, 3.05) is 6.61 Å². The molecule has 118 valence electrons. The van der Waals surface area contributed by atoms with E-state index < -0.39 is 18.1 Å². The zero-order chi connectivity index (χ0) is 16.3. The van der Waals surface area contributed by atoms with Gasteiger partial charge in [-0.15, -0.1) is 0 Å². The van der Waals surface area contributed by atoms with Crippen molar-refractivity contribution in [1.82, 2.24) is 15.1 Å². The highest BCUT2D eigenvalue weighted by molar-refractivity contribution is 5.92. The number of aliphatic hydroxyl groups is 2. The molecule has 1 amide bonds. The van der Waals surface area contributed by atoms with Gasteiger partial charge in [0.15, 0.2) is 5.69 Å². The number of benzene rings is 1. The van der Waals surface area contributed by atoms with Crippen molar-refractivity contribution in [2.24, 2.45) is 0 Å². The fourth-order valence-corrected chi connectivity index (χ4v) is 2.09. The van der Waals surface area contributed by atoms with E-state index in [0.717, 1.165) is 16.9 Å². The molecule has 1 heterocycles. The fraction of sp³-hybridized carbons (Fsp3) is 0.375. The first-order valence-electron chi connectivity index (χ1n) is 7.16. The Bertz CT molecular complexity index is 647. The Morgan fingerprint density at radius 2 is 1.95 bits per heavy atom. The van der Waals surface area contributed by atoms with Crippen molar-refractivity contribution in [2.45, 2.75) is 32.9 Å². The first-order chi connectivity index (χ1) is 10.4. The lowest BCUT2D eigenvalue weighted by molar-refractivity contribution is 0.0753. The molecule has 0 radical (unpaired) electrons. The van der Waals surface area contributed by atoms with Gasteiger partial charge in [-0.05, 0) is 39.0 Å². The zero-order valence-corrected chi connectivity index (χ0v) is 12.9. The predicted octanol–water partition coefficient (Wildman–Crippen LogP) is 0.961. The van der Waals surface area contributed by atoms with Crippen LogP contribution >= 0.6 is 0 Å². The number of rotatable bonds is 5. The number of aromatic nitrogens is 2. The third kappa shape index (κ3) is 3.52. The van der Waals surface area contributed by atoms with E-state index in [9.17, 15) is 9.90 Å². The molecule has 22 heavy (non-hydrogen) atoms. The molecule has 0 bridgehead atoms. The number of hydrogen-bond acceptors (Lipinski definition) is 4. The minimum atomic E-state index is -0.839. The summed E-state index contributed by atoms with van der Waals surface area (Å²) in [5, 5.41) is 25.5. The third-order valence-corrected chi connectivity index (χ3v) is 3.49. The van der Waals surface area contributed by atoms with Gasteiger partial charge in [0.1, 0.15) is 0 Å². The van der Waals surface area contributed by atoms with Gasteiger partial charge in [-0.25, -0.2) is 4.68 Å². The molecule has 0 aliphatic rings. The fourth-order valence-electron chi connectivity index (χ4n) is 2.09. The average molecular weight is 303 g/mol. The van der Waals surface area contributed by atoms with E-state index in [1.54, 1.807) is 10.7 Å². The van der Waals surface area contributed by atoms with E-state index in [4.69, 9.17) is 5.11 Å². The van der Waals surface area contributed by atoms with Crippen LogP contribution in [0.15, 0.2) is 30.3 Å². The van der Waals surface area contributed by atoms with Crippen molar-refractivity contribution in [3.8, 4) is 5.69 Å². The number of amides is 1. The standard InChI is InChI=1S/C16H21N3O3/c1-10-4-6-13(7-5-10)19-11(2)8-14(18-19)16(22)17-15(9-20)12(3)21/h4-8,12,15,20-21H,9H2,1-3H3,(H,17,22)/t12-,15-/m1/s1. The third-order valence-electron chi connectivity index (χ3n) is 3.49. The molecule has 6 heteroatoms. The minimum Gasteiger partial charge on any atom is -0.394 e. The van der Waals surface area contributed by atoms with E-state index in [2.05, 4.69) is 10.4 Å². The highest BCUT2D eigenvalue weighted by Crippen LogP contribution is 2.13. The SMILES string of the molecule is Cc1ccc(-n2nc(C(=O)N[C@H](CO)[C@@H](C)O)cc2C)cc1. The molecule has 0 spiro atoms. The second-order valence-corrected chi connectivity index (χ2v) is 5.42. The zero-order valence-electron chi connectivity index (χ0n) is 12.9. The lowest BCUT2D eigenvalue weighted by Gasteiger charge is -2.18. The number of carbonyl (C=O) groups excluding carboxylic acids is 1. The molecule has 2 rings (SSSR count).